The number of carbonyl (C=O) groups excluding carboxylic acids is 1. The Morgan fingerprint density at radius 2 is 1.98 bits per heavy atom. The van der Waals surface area contributed by atoms with Crippen molar-refractivity contribution in [1.82, 2.24) is 18.8 Å². The summed E-state index contributed by atoms with van der Waals surface area (Å²) in [7, 11) is -2.15. The maximum atomic E-state index is 13.7. The molecule has 0 spiro atoms. The van der Waals surface area contributed by atoms with Crippen molar-refractivity contribution in [2.24, 2.45) is 13.0 Å². The van der Waals surface area contributed by atoms with Crippen molar-refractivity contribution >= 4 is 27.3 Å². The van der Waals surface area contributed by atoms with E-state index in [0.717, 1.165) is 19.1 Å². The van der Waals surface area contributed by atoms with Crippen LogP contribution in [-0.2, 0) is 33.0 Å². The van der Waals surface area contributed by atoms with Crippen molar-refractivity contribution < 1.29 is 27.4 Å². The standard InChI is InChI=1S/C28H36N4O7S/c1-4-6-20-22(15-33)31(3)26-25(20)29-27(30-28(26)34)21-14-19(7-8-23(21)38-13-5-2)40(35,36)32-11-9-18(10-12-32)24-16-37-17-39-24/h7-8,14-15,18,24H,4-6,9-13,16-17H2,1-3H3,(H,29,30,34)/t24-/m0/s1. The zero-order chi connectivity index (χ0) is 28.4. The molecule has 0 radical (unpaired) electrons. The summed E-state index contributed by atoms with van der Waals surface area (Å²) in [6.07, 6.45) is 4.22. The van der Waals surface area contributed by atoms with Gasteiger partial charge in [0.1, 0.15) is 29.4 Å². The number of ether oxygens (including phenoxy) is 3. The van der Waals surface area contributed by atoms with E-state index in [4.69, 9.17) is 19.2 Å². The minimum absolute atomic E-state index is 0.0135. The van der Waals surface area contributed by atoms with Gasteiger partial charge in [0, 0.05) is 25.7 Å². The molecule has 12 heteroatoms. The highest BCUT2D eigenvalue weighted by Crippen LogP contribution is 2.34. The summed E-state index contributed by atoms with van der Waals surface area (Å²) in [6.45, 7) is 5.98. The van der Waals surface area contributed by atoms with E-state index in [2.05, 4.69) is 4.98 Å². The number of aldehydes is 1. The second kappa shape index (κ2) is 11.8. The number of aromatic nitrogens is 3. The van der Waals surface area contributed by atoms with Crippen molar-refractivity contribution in [2.45, 2.75) is 57.0 Å². The predicted molar refractivity (Wildman–Crippen MR) is 149 cm³/mol. The number of sulfonamides is 1. The Labute approximate surface area is 233 Å². The Morgan fingerprint density at radius 3 is 2.62 bits per heavy atom. The maximum absolute atomic E-state index is 13.7. The van der Waals surface area contributed by atoms with Gasteiger partial charge in [0.25, 0.3) is 5.56 Å². The molecule has 2 aromatic heterocycles. The molecular weight excluding hydrogens is 536 g/mol. The molecule has 2 aliphatic heterocycles. The van der Waals surface area contributed by atoms with Gasteiger partial charge >= 0.3 is 0 Å². The second-order valence-corrected chi connectivity index (χ2v) is 12.3. The molecule has 0 saturated carbocycles. The molecular formula is C28H36N4O7S. The summed E-state index contributed by atoms with van der Waals surface area (Å²) in [5.74, 6) is 0.872. The lowest BCUT2D eigenvalue weighted by Gasteiger charge is -2.33. The van der Waals surface area contributed by atoms with Crippen LogP contribution in [-0.4, -0.2) is 72.7 Å². The second-order valence-electron chi connectivity index (χ2n) is 10.3. The smallest absolute Gasteiger partial charge is 0.275 e. The van der Waals surface area contributed by atoms with Crippen molar-refractivity contribution in [2.75, 3.05) is 33.1 Å². The highest BCUT2D eigenvalue weighted by Gasteiger charge is 2.35. The van der Waals surface area contributed by atoms with Gasteiger partial charge in [-0.15, -0.1) is 0 Å². The molecule has 0 unspecified atom stereocenters. The molecule has 1 aromatic carbocycles. The number of hydrogen-bond acceptors (Lipinski definition) is 8. The molecule has 216 valence electrons. The topological polar surface area (TPSA) is 133 Å². The van der Waals surface area contributed by atoms with Gasteiger partial charge < -0.3 is 23.8 Å². The number of piperidine rings is 1. The summed E-state index contributed by atoms with van der Waals surface area (Å²) in [4.78, 5) is 32.8. The minimum atomic E-state index is -3.82. The van der Waals surface area contributed by atoms with Crippen LogP contribution in [0, 0.1) is 5.92 Å². The third kappa shape index (κ3) is 5.20. The fourth-order valence-electron chi connectivity index (χ4n) is 5.66. The van der Waals surface area contributed by atoms with E-state index in [9.17, 15) is 18.0 Å². The Bertz CT molecular complexity index is 1550. The van der Waals surface area contributed by atoms with E-state index in [-0.39, 0.29) is 22.7 Å². The van der Waals surface area contributed by atoms with Crippen LogP contribution >= 0.6 is 0 Å². The number of benzene rings is 1. The van der Waals surface area contributed by atoms with Gasteiger partial charge in [0.2, 0.25) is 10.0 Å². The fraction of sp³-hybridized carbons (Fsp3) is 0.536. The number of aryl methyl sites for hydroxylation is 2. The molecule has 4 heterocycles. The summed E-state index contributed by atoms with van der Waals surface area (Å²) >= 11 is 0. The number of aromatic amines is 1. The van der Waals surface area contributed by atoms with Crippen LogP contribution in [0.2, 0.25) is 0 Å². The summed E-state index contributed by atoms with van der Waals surface area (Å²) in [5.41, 5.74) is 1.79. The fourth-order valence-corrected chi connectivity index (χ4v) is 7.15. The predicted octanol–water partition coefficient (Wildman–Crippen LogP) is 3.26. The van der Waals surface area contributed by atoms with Gasteiger partial charge in [-0.1, -0.05) is 20.3 Å². The lowest BCUT2D eigenvalue weighted by Crippen LogP contribution is -2.41. The van der Waals surface area contributed by atoms with E-state index in [1.807, 2.05) is 13.8 Å². The van der Waals surface area contributed by atoms with Gasteiger partial charge in [0.15, 0.2) is 6.29 Å². The van der Waals surface area contributed by atoms with Crippen molar-refractivity contribution in [1.29, 1.82) is 0 Å². The number of rotatable bonds is 10. The van der Waals surface area contributed by atoms with Crippen LogP contribution in [0.1, 0.15) is 55.6 Å². The third-order valence-electron chi connectivity index (χ3n) is 7.78. The van der Waals surface area contributed by atoms with Gasteiger partial charge in [-0.3, -0.25) is 9.59 Å². The number of carbonyl (C=O) groups is 1. The van der Waals surface area contributed by atoms with Crippen LogP contribution in [0.15, 0.2) is 27.9 Å². The summed E-state index contributed by atoms with van der Waals surface area (Å²) in [6, 6.07) is 4.68. The largest absolute Gasteiger partial charge is 0.493 e. The number of hydrogen-bond donors (Lipinski definition) is 1. The molecule has 0 amide bonds. The van der Waals surface area contributed by atoms with E-state index < -0.39 is 15.6 Å². The highest BCUT2D eigenvalue weighted by molar-refractivity contribution is 7.89. The first-order valence-corrected chi connectivity index (χ1v) is 15.3. The van der Waals surface area contributed by atoms with Crippen LogP contribution < -0.4 is 10.3 Å². The number of nitrogens with zero attached hydrogens (tertiary/aromatic N) is 3. The minimum Gasteiger partial charge on any atom is -0.493 e. The van der Waals surface area contributed by atoms with Crippen molar-refractivity contribution in [3.63, 3.8) is 0 Å². The summed E-state index contributed by atoms with van der Waals surface area (Å²) in [5, 5.41) is 0. The Balaban J connectivity index is 1.55. The van der Waals surface area contributed by atoms with E-state index in [1.165, 1.54) is 16.4 Å². The van der Waals surface area contributed by atoms with Crippen LogP contribution in [0.25, 0.3) is 22.4 Å². The van der Waals surface area contributed by atoms with Crippen LogP contribution in [0.5, 0.6) is 5.75 Å². The van der Waals surface area contributed by atoms with Crippen LogP contribution in [0.3, 0.4) is 0 Å². The Morgan fingerprint density at radius 1 is 1.20 bits per heavy atom. The quantitative estimate of drug-likeness (QED) is 0.366. The van der Waals surface area contributed by atoms with Gasteiger partial charge in [-0.2, -0.15) is 4.31 Å². The zero-order valence-corrected chi connectivity index (χ0v) is 24.0. The molecule has 1 N–H and O–H groups in total. The zero-order valence-electron chi connectivity index (χ0n) is 23.1. The Hall–Kier alpha value is -3.06. The lowest BCUT2D eigenvalue weighted by atomic mass is 9.93. The molecule has 1 atom stereocenters. The molecule has 0 bridgehead atoms. The van der Waals surface area contributed by atoms with Crippen molar-refractivity contribution in [3.8, 4) is 17.1 Å². The molecule has 40 heavy (non-hydrogen) atoms. The average Bonchev–Trinajstić information content (AvgIpc) is 3.59. The van der Waals surface area contributed by atoms with E-state index in [0.29, 0.717) is 86.0 Å². The molecule has 2 fully saturated rings. The van der Waals surface area contributed by atoms with E-state index in [1.54, 1.807) is 17.7 Å². The molecule has 2 saturated heterocycles. The van der Waals surface area contributed by atoms with Crippen LogP contribution in [0.4, 0.5) is 0 Å². The van der Waals surface area contributed by atoms with Gasteiger partial charge in [-0.05, 0) is 49.8 Å². The van der Waals surface area contributed by atoms with E-state index >= 15 is 0 Å². The third-order valence-corrected chi connectivity index (χ3v) is 9.67. The maximum Gasteiger partial charge on any atom is 0.275 e. The SMILES string of the molecule is CCCOc1ccc(S(=O)(=O)N2CCC([C@@H]3COCO3)CC2)cc1-c1nc2c(CCC)c(C=O)n(C)c2c(=O)[nH]1. The first-order chi connectivity index (χ1) is 19.3. The van der Waals surface area contributed by atoms with Gasteiger partial charge in [-0.25, -0.2) is 13.4 Å². The first kappa shape index (κ1) is 28.5. The number of H-pyrrole nitrogens is 1. The van der Waals surface area contributed by atoms with Gasteiger partial charge in [0.05, 0.1) is 35.5 Å². The summed E-state index contributed by atoms with van der Waals surface area (Å²) < 4.78 is 47.4. The molecule has 5 rings (SSSR count). The number of nitrogens with one attached hydrogen (secondary N) is 1. The Kier molecular flexibility index (Phi) is 8.41. The highest BCUT2D eigenvalue weighted by atomic mass is 32.2. The molecule has 0 aliphatic carbocycles. The normalized spacial score (nSPS) is 18.9. The monoisotopic (exact) mass is 572 g/mol. The first-order valence-electron chi connectivity index (χ1n) is 13.8. The molecule has 11 nitrogen and oxygen atoms in total. The molecule has 2 aliphatic rings. The molecule has 3 aromatic rings. The number of fused-ring (bicyclic) bond motifs is 1. The lowest BCUT2D eigenvalue weighted by molar-refractivity contribution is 0.0184. The average molecular weight is 573 g/mol. The van der Waals surface area contributed by atoms with Crippen molar-refractivity contribution in [3.05, 3.63) is 39.8 Å².